The van der Waals surface area contributed by atoms with Crippen molar-refractivity contribution in [2.75, 3.05) is 37.0 Å². The van der Waals surface area contributed by atoms with E-state index in [0.717, 1.165) is 36.6 Å². The predicted octanol–water partition coefficient (Wildman–Crippen LogP) is 4.26. The van der Waals surface area contributed by atoms with Crippen LogP contribution in [0.2, 0.25) is 0 Å². The van der Waals surface area contributed by atoms with E-state index in [0.29, 0.717) is 31.0 Å². The maximum absolute atomic E-state index is 12.4. The van der Waals surface area contributed by atoms with Gasteiger partial charge in [0.2, 0.25) is 17.6 Å². The molecule has 2 heterocycles. The highest BCUT2D eigenvalue weighted by Crippen LogP contribution is 2.20. The topological polar surface area (TPSA) is 80.5 Å². The van der Waals surface area contributed by atoms with E-state index in [1.165, 1.54) is 17.1 Å². The normalized spacial score (nSPS) is 14.3. The van der Waals surface area contributed by atoms with Crippen molar-refractivity contribution in [3.05, 3.63) is 60.0 Å². The van der Waals surface area contributed by atoms with E-state index < -0.39 is 0 Å². The average Bonchev–Trinajstić information content (AvgIpc) is 3.29. The van der Waals surface area contributed by atoms with Gasteiger partial charge in [0.05, 0.1) is 7.11 Å². The van der Waals surface area contributed by atoms with Crippen LogP contribution >= 0.6 is 11.8 Å². The van der Waals surface area contributed by atoms with E-state index in [2.05, 4.69) is 32.5 Å². The van der Waals surface area contributed by atoms with Crippen LogP contribution in [0, 0.1) is 0 Å². The first kappa shape index (κ1) is 22.4. The Morgan fingerprint density at radius 2 is 2.00 bits per heavy atom. The number of nitrogens with zero attached hydrogens (tertiary/aromatic N) is 3. The SMILES string of the molecule is COc1ccc(-c2noc(CCCC(=O)Nc3cccc(CN4CCSCC4)c3)n2)cc1. The summed E-state index contributed by atoms with van der Waals surface area (Å²) < 4.78 is 10.5. The van der Waals surface area contributed by atoms with Crippen molar-refractivity contribution in [2.45, 2.75) is 25.8 Å². The second-order valence-corrected chi connectivity index (χ2v) is 8.96. The number of aromatic nitrogens is 2. The van der Waals surface area contributed by atoms with E-state index in [4.69, 9.17) is 9.26 Å². The number of hydrogen-bond acceptors (Lipinski definition) is 7. The third kappa shape index (κ3) is 6.34. The van der Waals surface area contributed by atoms with Crippen molar-refractivity contribution in [3.8, 4) is 17.1 Å². The number of methoxy groups -OCH3 is 1. The van der Waals surface area contributed by atoms with Gasteiger partial charge in [-0.25, -0.2) is 0 Å². The Balaban J connectivity index is 1.23. The van der Waals surface area contributed by atoms with Crippen LogP contribution in [0.15, 0.2) is 53.1 Å². The van der Waals surface area contributed by atoms with Gasteiger partial charge in [-0.1, -0.05) is 17.3 Å². The average molecular weight is 453 g/mol. The number of aryl methyl sites for hydroxylation is 1. The molecule has 1 amide bonds. The second kappa shape index (κ2) is 11.2. The first-order valence-corrected chi connectivity index (χ1v) is 12.0. The minimum Gasteiger partial charge on any atom is -0.497 e. The highest BCUT2D eigenvalue weighted by atomic mass is 32.2. The number of thioether (sulfide) groups is 1. The molecule has 1 aliphatic heterocycles. The quantitative estimate of drug-likeness (QED) is 0.520. The van der Waals surface area contributed by atoms with Gasteiger partial charge in [0.25, 0.3) is 0 Å². The number of ether oxygens (including phenoxy) is 1. The molecule has 1 saturated heterocycles. The lowest BCUT2D eigenvalue weighted by Gasteiger charge is -2.26. The molecule has 0 radical (unpaired) electrons. The number of nitrogens with one attached hydrogen (secondary N) is 1. The third-order valence-electron chi connectivity index (χ3n) is 5.33. The van der Waals surface area contributed by atoms with Gasteiger partial charge in [-0.2, -0.15) is 16.7 Å². The minimum atomic E-state index is -0.00795. The molecule has 7 nitrogen and oxygen atoms in total. The maximum atomic E-state index is 12.4. The lowest BCUT2D eigenvalue weighted by atomic mass is 10.1. The molecule has 3 aromatic rings. The summed E-state index contributed by atoms with van der Waals surface area (Å²) in [5, 5.41) is 7.04. The monoisotopic (exact) mass is 452 g/mol. The summed E-state index contributed by atoms with van der Waals surface area (Å²) in [6, 6.07) is 15.6. The van der Waals surface area contributed by atoms with Crippen LogP contribution < -0.4 is 10.1 Å². The molecule has 32 heavy (non-hydrogen) atoms. The molecule has 0 unspecified atom stereocenters. The van der Waals surface area contributed by atoms with Gasteiger partial charge < -0.3 is 14.6 Å². The Morgan fingerprint density at radius 3 is 2.78 bits per heavy atom. The zero-order chi connectivity index (χ0) is 22.2. The molecular formula is C24H28N4O3S. The fourth-order valence-electron chi connectivity index (χ4n) is 3.60. The van der Waals surface area contributed by atoms with Gasteiger partial charge in [-0.15, -0.1) is 0 Å². The summed E-state index contributed by atoms with van der Waals surface area (Å²) in [5.74, 6) is 4.23. The van der Waals surface area contributed by atoms with Crippen molar-refractivity contribution >= 4 is 23.4 Å². The number of amides is 1. The Kier molecular flexibility index (Phi) is 7.79. The fraction of sp³-hybridized carbons (Fsp3) is 0.375. The molecule has 0 atom stereocenters. The number of rotatable bonds is 9. The number of benzene rings is 2. The summed E-state index contributed by atoms with van der Waals surface area (Å²) in [5.41, 5.74) is 2.94. The number of carbonyl (C=O) groups excluding carboxylic acids is 1. The minimum absolute atomic E-state index is 0.00795. The molecule has 1 aliphatic rings. The molecule has 1 aromatic heterocycles. The third-order valence-corrected chi connectivity index (χ3v) is 6.27. The predicted molar refractivity (Wildman–Crippen MR) is 127 cm³/mol. The first-order valence-electron chi connectivity index (χ1n) is 10.9. The number of anilines is 1. The van der Waals surface area contributed by atoms with Gasteiger partial charge in [-0.3, -0.25) is 9.69 Å². The zero-order valence-electron chi connectivity index (χ0n) is 18.3. The molecule has 0 spiro atoms. The molecule has 1 N–H and O–H groups in total. The molecular weight excluding hydrogens is 424 g/mol. The zero-order valence-corrected chi connectivity index (χ0v) is 19.1. The van der Waals surface area contributed by atoms with Crippen LogP contribution in [0.25, 0.3) is 11.4 Å². The van der Waals surface area contributed by atoms with Crippen molar-refractivity contribution in [1.82, 2.24) is 15.0 Å². The smallest absolute Gasteiger partial charge is 0.226 e. The maximum Gasteiger partial charge on any atom is 0.226 e. The van der Waals surface area contributed by atoms with E-state index in [9.17, 15) is 4.79 Å². The Hall–Kier alpha value is -2.84. The standard InChI is InChI=1S/C24H28N4O3S/c1-30-21-10-8-19(9-11-21)24-26-23(31-27-24)7-3-6-22(29)25-20-5-2-4-18(16-20)17-28-12-14-32-15-13-28/h2,4-5,8-11,16H,3,6-7,12-15,17H2,1H3,(H,25,29). The van der Waals surface area contributed by atoms with E-state index in [1.54, 1.807) is 7.11 Å². The molecule has 0 saturated carbocycles. The number of hydrogen-bond donors (Lipinski definition) is 1. The Bertz CT molecular complexity index is 1020. The van der Waals surface area contributed by atoms with Crippen LogP contribution in [-0.2, 0) is 17.8 Å². The van der Waals surface area contributed by atoms with Crippen molar-refractivity contribution in [3.63, 3.8) is 0 Å². The molecule has 168 valence electrons. The highest BCUT2D eigenvalue weighted by Gasteiger charge is 2.12. The van der Waals surface area contributed by atoms with E-state index in [-0.39, 0.29) is 5.91 Å². The van der Waals surface area contributed by atoms with Crippen molar-refractivity contribution in [2.24, 2.45) is 0 Å². The first-order chi connectivity index (χ1) is 15.7. The largest absolute Gasteiger partial charge is 0.497 e. The highest BCUT2D eigenvalue weighted by molar-refractivity contribution is 7.99. The Labute approximate surface area is 192 Å². The summed E-state index contributed by atoms with van der Waals surface area (Å²) in [6.45, 7) is 3.17. The molecule has 4 rings (SSSR count). The van der Waals surface area contributed by atoms with Crippen molar-refractivity contribution in [1.29, 1.82) is 0 Å². The molecule has 0 bridgehead atoms. The lowest BCUT2D eigenvalue weighted by molar-refractivity contribution is -0.116. The van der Waals surface area contributed by atoms with E-state index in [1.807, 2.05) is 48.2 Å². The van der Waals surface area contributed by atoms with Crippen LogP contribution in [-0.4, -0.2) is 52.7 Å². The number of carbonyl (C=O) groups is 1. The van der Waals surface area contributed by atoms with Crippen LogP contribution in [0.1, 0.15) is 24.3 Å². The second-order valence-electron chi connectivity index (χ2n) is 7.73. The fourth-order valence-corrected chi connectivity index (χ4v) is 4.58. The van der Waals surface area contributed by atoms with Gasteiger partial charge >= 0.3 is 0 Å². The van der Waals surface area contributed by atoms with Gasteiger partial charge in [0, 0.05) is 55.2 Å². The summed E-state index contributed by atoms with van der Waals surface area (Å²) in [4.78, 5) is 19.3. The Morgan fingerprint density at radius 1 is 1.19 bits per heavy atom. The molecule has 8 heteroatoms. The van der Waals surface area contributed by atoms with Crippen LogP contribution in [0.4, 0.5) is 5.69 Å². The van der Waals surface area contributed by atoms with E-state index >= 15 is 0 Å². The van der Waals surface area contributed by atoms with Gasteiger partial charge in [-0.05, 0) is 48.4 Å². The van der Waals surface area contributed by atoms with Gasteiger partial charge in [0.15, 0.2) is 0 Å². The summed E-state index contributed by atoms with van der Waals surface area (Å²) in [6.07, 6.45) is 1.60. The summed E-state index contributed by atoms with van der Waals surface area (Å²) in [7, 11) is 1.63. The van der Waals surface area contributed by atoms with Crippen LogP contribution in [0.3, 0.4) is 0 Å². The van der Waals surface area contributed by atoms with Gasteiger partial charge in [0.1, 0.15) is 5.75 Å². The summed E-state index contributed by atoms with van der Waals surface area (Å²) >= 11 is 2.01. The van der Waals surface area contributed by atoms with Crippen LogP contribution in [0.5, 0.6) is 5.75 Å². The van der Waals surface area contributed by atoms with Crippen molar-refractivity contribution < 1.29 is 14.1 Å². The molecule has 1 fully saturated rings. The molecule has 0 aliphatic carbocycles. The lowest BCUT2D eigenvalue weighted by Crippen LogP contribution is -2.31. The molecule has 2 aromatic carbocycles.